The van der Waals surface area contributed by atoms with Gasteiger partial charge in [0.1, 0.15) is 6.29 Å². The molecular weight excluding hydrogens is 136 g/mol. The molecule has 0 rings (SSSR count). The first-order valence-electron chi connectivity index (χ1n) is 4.05. The molecule has 0 saturated heterocycles. The van der Waals surface area contributed by atoms with Gasteiger partial charge in [0.2, 0.25) is 0 Å². The monoisotopic (exact) mass is 152 g/mol. The number of rotatable bonds is 5. The molecule has 0 atom stereocenters. The summed E-state index contributed by atoms with van der Waals surface area (Å²) in [5.74, 6) is 0. The molecule has 0 bridgehead atoms. The van der Waals surface area contributed by atoms with Crippen LogP contribution in [0.4, 0.5) is 0 Å². The lowest BCUT2D eigenvalue weighted by Crippen LogP contribution is -1.89. The fourth-order valence-corrected chi connectivity index (χ4v) is 0.933. The molecule has 11 heavy (non-hydrogen) atoms. The van der Waals surface area contributed by atoms with Crippen LogP contribution in [-0.2, 0) is 4.79 Å². The molecule has 0 N–H and O–H groups in total. The van der Waals surface area contributed by atoms with E-state index in [4.69, 9.17) is 0 Å². The van der Waals surface area contributed by atoms with Crippen LogP contribution in [0.25, 0.3) is 0 Å². The Morgan fingerprint density at radius 2 is 2.18 bits per heavy atom. The highest BCUT2D eigenvalue weighted by atomic mass is 16.1. The zero-order valence-electron chi connectivity index (χ0n) is 7.39. The zero-order valence-corrected chi connectivity index (χ0v) is 7.39. The molecule has 0 aromatic rings. The Labute approximate surface area is 68.8 Å². The van der Waals surface area contributed by atoms with Crippen LogP contribution in [0.15, 0.2) is 23.8 Å². The van der Waals surface area contributed by atoms with Gasteiger partial charge in [0.15, 0.2) is 0 Å². The van der Waals surface area contributed by atoms with Crippen molar-refractivity contribution in [3.63, 3.8) is 0 Å². The lowest BCUT2D eigenvalue weighted by molar-refractivity contribution is -0.104. The van der Waals surface area contributed by atoms with Gasteiger partial charge < -0.3 is 0 Å². The molecule has 0 unspecified atom stereocenters. The predicted octanol–water partition coefficient (Wildman–Crippen LogP) is 2.88. The molecule has 0 amide bonds. The maximum atomic E-state index is 10.3. The Morgan fingerprint density at radius 1 is 1.55 bits per heavy atom. The van der Waals surface area contributed by atoms with Crippen molar-refractivity contribution in [2.24, 2.45) is 0 Å². The fraction of sp³-hybridized carbons (Fsp3) is 0.500. The molecule has 0 aromatic heterocycles. The van der Waals surface area contributed by atoms with Crippen molar-refractivity contribution in [1.82, 2.24) is 0 Å². The van der Waals surface area contributed by atoms with Crippen molar-refractivity contribution in [3.05, 3.63) is 23.8 Å². The van der Waals surface area contributed by atoms with Crippen LogP contribution >= 0.6 is 0 Å². The van der Waals surface area contributed by atoms with Gasteiger partial charge in [-0.2, -0.15) is 0 Å². The molecule has 0 aliphatic heterocycles. The largest absolute Gasteiger partial charge is 0.298 e. The fourth-order valence-electron chi connectivity index (χ4n) is 0.933. The highest BCUT2D eigenvalue weighted by Crippen LogP contribution is 2.13. The number of aldehydes is 1. The minimum atomic E-state index is 0.626. The van der Waals surface area contributed by atoms with Crippen molar-refractivity contribution in [1.29, 1.82) is 0 Å². The average molecular weight is 152 g/mol. The number of hydrogen-bond donors (Lipinski definition) is 0. The quantitative estimate of drug-likeness (QED) is 0.336. The van der Waals surface area contributed by atoms with E-state index < -0.39 is 0 Å². The van der Waals surface area contributed by atoms with E-state index in [1.54, 1.807) is 0 Å². The molecule has 0 aliphatic carbocycles. The second-order valence-electron chi connectivity index (χ2n) is 2.56. The third kappa shape index (κ3) is 3.76. The third-order valence-corrected chi connectivity index (χ3v) is 1.70. The summed E-state index contributed by atoms with van der Waals surface area (Å²) in [4.78, 5) is 10.3. The molecule has 1 nitrogen and oxygen atoms in total. The normalized spacial score (nSPS) is 11.3. The molecule has 0 aliphatic rings. The number of carbonyl (C=O) groups is 1. The number of allylic oxidation sites excluding steroid dienone is 3. The van der Waals surface area contributed by atoms with E-state index in [0.717, 1.165) is 31.1 Å². The Balaban J connectivity index is 3.97. The first kappa shape index (κ1) is 10.2. The van der Waals surface area contributed by atoms with Gasteiger partial charge in [-0.15, -0.1) is 0 Å². The maximum absolute atomic E-state index is 10.3. The van der Waals surface area contributed by atoms with Gasteiger partial charge in [-0.3, -0.25) is 4.79 Å². The Hall–Kier alpha value is -0.850. The molecule has 0 aromatic carbocycles. The predicted molar refractivity (Wildman–Crippen MR) is 48.5 cm³/mol. The van der Waals surface area contributed by atoms with Crippen molar-refractivity contribution in [3.8, 4) is 0 Å². The van der Waals surface area contributed by atoms with Crippen LogP contribution in [-0.4, -0.2) is 6.29 Å². The van der Waals surface area contributed by atoms with Gasteiger partial charge in [0.25, 0.3) is 0 Å². The second kappa shape index (κ2) is 5.90. The van der Waals surface area contributed by atoms with Gasteiger partial charge in [-0.1, -0.05) is 26.0 Å². The lowest BCUT2D eigenvalue weighted by atomic mass is 10.0. The first-order valence-corrected chi connectivity index (χ1v) is 4.05. The Bertz CT molecular complexity index is 166. The Morgan fingerprint density at radius 3 is 2.55 bits per heavy atom. The van der Waals surface area contributed by atoms with Crippen LogP contribution in [0.3, 0.4) is 0 Å². The van der Waals surface area contributed by atoms with Crippen LogP contribution in [0, 0.1) is 0 Å². The smallest absolute Gasteiger partial charge is 0.149 e. The van der Waals surface area contributed by atoms with E-state index in [0.29, 0.717) is 5.57 Å². The molecule has 0 fully saturated rings. The number of hydrogen-bond acceptors (Lipinski definition) is 1. The summed E-state index contributed by atoms with van der Waals surface area (Å²) < 4.78 is 0. The summed E-state index contributed by atoms with van der Waals surface area (Å²) in [7, 11) is 0. The van der Waals surface area contributed by atoms with Crippen LogP contribution in [0.1, 0.15) is 33.1 Å². The summed E-state index contributed by atoms with van der Waals surface area (Å²) in [6, 6.07) is 0. The van der Waals surface area contributed by atoms with E-state index in [9.17, 15) is 4.79 Å². The summed E-state index contributed by atoms with van der Waals surface area (Å²) in [6.45, 7) is 7.74. The highest BCUT2D eigenvalue weighted by Gasteiger charge is 1.98. The van der Waals surface area contributed by atoms with Gasteiger partial charge in [0.05, 0.1) is 0 Å². The highest BCUT2D eigenvalue weighted by molar-refractivity contribution is 5.78. The zero-order chi connectivity index (χ0) is 8.69. The van der Waals surface area contributed by atoms with Crippen LogP contribution in [0.2, 0.25) is 0 Å². The number of carbonyl (C=O) groups excluding carboxylic acids is 1. The van der Waals surface area contributed by atoms with Gasteiger partial charge >= 0.3 is 0 Å². The topological polar surface area (TPSA) is 17.1 Å². The summed E-state index contributed by atoms with van der Waals surface area (Å²) in [5, 5.41) is 0. The van der Waals surface area contributed by atoms with Crippen molar-refractivity contribution < 1.29 is 4.79 Å². The molecule has 0 saturated carbocycles. The number of unbranched alkanes of at least 4 members (excludes halogenated alkanes) is 1. The minimum absolute atomic E-state index is 0.626. The molecule has 62 valence electrons. The molecule has 0 spiro atoms. The maximum Gasteiger partial charge on any atom is 0.149 e. The van der Waals surface area contributed by atoms with Gasteiger partial charge in [-0.05, 0) is 25.3 Å². The lowest BCUT2D eigenvalue weighted by Gasteiger charge is -2.02. The summed E-state index contributed by atoms with van der Waals surface area (Å²) in [5.41, 5.74) is 1.71. The van der Waals surface area contributed by atoms with E-state index in [1.807, 2.05) is 13.0 Å². The average Bonchev–Trinajstić information content (AvgIpc) is 2.05. The van der Waals surface area contributed by atoms with Crippen LogP contribution in [0.5, 0.6) is 0 Å². The van der Waals surface area contributed by atoms with E-state index >= 15 is 0 Å². The van der Waals surface area contributed by atoms with Crippen molar-refractivity contribution in [2.75, 3.05) is 0 Å². The van der Waals surface area contributed by atoms with Gasteiger partial charge in [0, 0.05) is 5.57 Å². The molecule has 0 radical (unpaired) electrons. The van der Waals surface area contributed by atoms with Gasteiger partial charge in [-0.25, -0.2) is 0 Å². The van der Waals surface area contributed by atoms with Crippen molar-refractivity contribution in [2.45, 2.75) is 33.1 Å². The van der Waals surface area contributed by atoms with Crippen molar-refractivity contribution >= 4 is 6.29 Å². The van der Waals surface area contributed by atoms with E-state index in [2.05, 4.69) is 13.5 Å². The standard InChI is InChI=1S/C10H16O/c1-4-6-7-10(5-2)9(3)8-11/h5,8H,3-4,6-7H2,1-2H3/b10-5+. The SMILES string of the molecule is C=C(C=O)/C(=C/C)CCCC. The summed E-state index contributed by atoms with van der Waals surface area (Å²) >= 11 is 0. The second-order valence-corrected chi connectivity index (χ2v) is 2.56. The third-order valence-electron chi connectivity index (χ3n) is 1.70. The first-order chi connectivity index (χ1) is 5.26. The van der Waals surface area contributed by atoms with E-state index in [-0.39, 0.29) is 0 Å². The Kier molecular flexibility index (Phi) is 5.44. The van der Waals surface area contributed by atoms with Crippen LogP contribution < -0.4 is 0 Å². The molecule has 0 heterocycles. The molecular formula is C10H16O. The molecule has 1 heteroatoms. The summed E-state index contributed by atoms with van der Waals surface area (Å²) in [6.07, 6.45) is 6.05. The van der Waals surface area contributed by atoms with E-state index in [1.165, 1.54) is 0 Å². The minimum Gasteiger partial charge on any atom is -0.298 e.